The van der Waals surface area contributed by atoms with Crippen LogP contribution >= 0.6 is 10.3 Å². The van der Waals surface area contributed by atoms with Gasteiger partial charge in [0.1, 0.15) is 0 Å². The maximum atomic E-state index is 14.3. The zero-order valence-corrected chi connectivity index (χ0v) is 22.0. The summed E-state index contributed by atoms with van der Waals surface area (Å²) in [6, 6.07) is 0. The molecule has 214 valence electrons. The van der Waals surface area contributed by atoms with E-state index < -0.39 is 43.7 Å². The highest BCUT2D eigenvalue weighted by Crippen LogP contribution is 2.59. The van der Waals surface area contributed by atoms with Gasteiger partial charge in [-0.05, 0) is 19.3 Å². The van der Waals surface area contributed by atoms with E-state index in [2.05, 4.69) is 3.63 Å². The predicted octanol–water partition coefficient (Wildman–Crippen LogP) is 8.83. The minimum Gasteiger partial charge on any atom is -0.215 e. The highest BCUT2D eigenvalue weighted by atomic mass is 32.3. The largest absolute Gasteiger partial charge is 0.460 e. The maximum Gasteiger partial charge on any atom is 0.460 e. The molecule has 0 saturated heterocycles. The molecule has 0 heterocycles. The van der Waals surface area contributed by atoms with Crippen LogP contribution in [0.1, 0.15) is 91.4 Å². The molecule has 0 saturated carbocycles. The Morgan fingerprint density at radius 2 is 0.914 bits per heavy atom. The Balaban J connectivity index is 6.01. The third-order valence-corrected chi connectivity index (χ3v) is 11.4. The Kier molecular flexibility index (Phi) is 13.8. The minimum absolute atomic E-state index is 0.0582. The molecule has 0 amide bonds. The molecule has 14 heteroatoms. The van der Waals surface area contributed by atoms with Crippen molar-refractivity contribution in [3.8, 4) is 0 Å². The molecule has 0 rings (SSSR count). The molecule has 0 aromatic heterocycles. The van der Waals surface area contributed by atoms with Crippen LogP contribution in [-0.2, 0) is 13.7 Å². The Morgan fingerprint density at radius 3 is 1.31 bits per heavy atom. The van der Waals surface area contributed by atoms with Gasteiger partial charge in [-0.1, -0.05) is 72.1 Å². The van der Waals surface area contributed by atoms with Crippen molar-refractivity contribution in [2.24, 2.45) is 0 Å². The van der Waals surface area contributed by atoms with E-state index in [-0.39, 0.29) is 30.1 Å². The van der Waals surface area contributed by atoms with Crippen LogP contribution in [0.25, 0.3) is 0 Å². The van der Waals surface area contributed by atoms with Crippen molar-refractivity contribution < 1.29 is 51.6 Å². The molecule has 0 aromatic rings. The molecule has 0 atom stereocenters. The zero-order valence-electron chi connectivity index (χ0n) is 20.3. The average molecular weight is 573 g/mol. The van der Waals surface area contributed by atoms with Gasteiger partial charge in [0.25, 0.3) is 0 Å². The SMILES string of the molecule is CCCCCCCCCS(CCCC)(CCCC)OS(=O)(=O)C(F)(F)C(F)(F)C(F)(F)C(F)(F)F. The van der Waals surface area contributed by atoms with Gasteiger partial charge in [0, 0.05) is 17.3 Å². The monoisotopic (exact) mass is 572 g/mol. The van der Waals surface area contributed by atoms with Crippen molar-refractivity contribution >= 4 is 20.4 Å². The van der Waals surface area contributed by atoms with E-state index in [0.717, 1.165) is 32.1 Å². The van der Waals surface area contributed by atoms with Gasteiger partial charge >= 0.3 is 33.4 Å². The van der Waals surface area contributed by atoms with Gasteiger partial charge in [-0.3, -0.25) is 0 Å². The predicted molar refractivity (Wildman–Crippen MR) is 121 cm³/mol. The molecule has 0 fully saturated rings. The number of rotatable bonds is 19. The number of alkyl halides is 9. The molecule has 0 aliphatic carbocycles. The standard InChI is InChI=1S/C21H37F9O3S2/c1-4-7-10-11-12-13-14-17-34(15-8-5-2,16-9-6-3)33-35(31,32)21(29,30)19(24,25)18(22,23)20(26,27)28/h4-17H2,1-3H3. The lowest BCUT2D eigenvalue weighted by atomic mass is 10.1. The fourth-order valence-corrected chi connectivity index (χ4v) is 9.39. The van der Waals surface area contributed by atoms with E-state index in [1.165, 1.54) is 0 Å². The van der Waals surface area contributed by atoms with Gasteiger partial charge in [-0.15, -0.1) is 10.3 Å². The second-order valence-electron chi connectivity index (χ2n) is 8.59. The lowest BCUT2D eigenvalue weighted by Gasteiger charge is -2.41. The van der Waals surface area contributed by atoms with Crippen LogP contribution in [0.15, 0.2) is 0 Å². The van der Waals surface area contributed by atoms with Crippen molar-refractivity contribution in [1.29, 1.82) is 0 Å². The maximum absolute atomic E-state index is 14.3. The van der Waals surface area contributed by atoms with Crippen LogP contribution in [0, 0.1) is 0 Å². The third kappa shape index (κ3) is 8.86. The smallest absolute Gasteiger partial charge is 0.215 e. The van der Waals surface area contributed by atoms with Crippen LogP contribution in [0.5, 0.6) is 0 Å². The lowest BCUT2D eigenvalue weighted by Crippen LogP contribution is -2.63. The van der Waals surface area contributed by atoms with Crippen molar-refractivity contribution in [3.63, 3.8) is 0 Å². The van der Waals surface area contributed by atoms with E-state index >= 15 is 0 Å². The van der Waals surface area contributed by atoms with Gasteiger partial charge < -0.3 is 0 Å². The molecule has 3 nitrogen and oxygen atoms in total. The summed E-state index contributed by atoms with van der Waals surface area (Å²) in [5, 5.41) is -6.81. The number of unbranched alkanes of at least 4 members (excludes halogenated alkanes) is 8. The second-order valence-corrected chi connectivity index (χ2v) is 13.7. The molecule has 0 aromatic carbocycles. The van der Waals surface area contributed by atoms with Gasteiger partial charge in [0.15, 0.2) is 0 Å². The summed E-state index contributed by atoms with van der Waals surface area (Å²) in [4.78, 5) is 0. The molecule has 0 N–H and O–H groups in total. The first-order valence-corrected chi connectivity index (χ1v) is 15.3. The molecule has 0 bridgehead atoms. The van der Waals surface area contributed by atoms with Crippen molar-refractivity contribution in [2.45, 2.75) is 115 Å². The van der Waals surface area contributed by atoms with Crippen LogP contribution in [-0.4, -0.2) is 49.0 Å². The van der Waals surface area contributed by atoms with Crippen molar-refractivity contribution in [3.05, 3.63) is 0 Å². The first kappa shape index (κ1) is 34.6. The molecule has 0 unspecified atom stereocenters. The zero-order chi connectivity index (χ0) is 27.6. The fraction of sp³-hybridized carbons (Fsp3) is 1.00. The summed E-state index contributed by atoms with van der Waals surface area (Å²) < 4.78 is 149. The van der Waals surface area contributed by atoms with Gasteiger partial charge in [0.05, 0.1) is 0 Å². The molecule has 0 aliphatic heterocycles. The summed E-state index contributed by atoms with van der Waals surface area (Å²) in [5.74, 6) is -14.8. The van der Waals surface area contributed by atoms with Gasteiger partial charge in [-0.2, -0.15) is 47.9 Å². The first-order valence-electron chi connectivity index (χ1n) is 11.8. The van der Waals surface area contributed by atoms with Crippen LogP contribution < -0.4 is 0 Å². The molecule has 35 heavy (non-hydrogen) atoms. The second kappa shape index (κ2) is 14.0. The van der Waals surface area contributed by atoms with Crippen LogP contribution in [0.3, 0.4) is 0 Å². The highest BCUT2D eigenvalue weighted by molar-refractivity contribution is 8.33. The number of hydrogen-bond acceptors (Lipinski definition) is 3. The summed E-state index contributed by atoms with van der Waals surface area (Å²) in [6.45, 7) is 5.44. The summed E-state index contributed by atoms with van der Waals surface area (Å²) in [7, 11) is -9.89. The molecular formula is C21H37F9O3S2. The molecule has 0 spiro atoms. The van der Waals surface area contributed by atoms with E-state index in [4.69, 9.17) is 0 Å². The Morgan fingerprint density at radius 1 is 0.543 bits per heavy atom. The van der Waals surface area contributed by atoms with E-state index in [9.17, 15) is 47.9 Å². The lowest BCUT2D eigenvalue weighted by molar-refractivity contribution is -0.382. The average Bonchev–Trinajstić information content (AvgIpc) is 2.74. The van der Waals surface area contributed by atoms with Crippen LogP contribution in [0.2, 0.25) is 0 Å². The molecular weight excluding hydrogens is 535 g/mol. The third-order valence-electron chi connectivity index (χ3n) is 5.52. The Bertz CT molecular complexity index is 703. The number of hydrogen-bond donors (Lipinski definition) is 0. The number of halogens is 9. The topological polar surface area (TPSA) is 43.4 Å². The van der Waals surface area contributed by atoms with Crippen molar-refractivity contribution in [1.82, 2.24) is 0 Å². The summed E-state index contributed by atoms with van der Waals surface area (Å²) in [6.07, 6.45) is -0.0384. The van der Waals surface area contributed by atoms with E-state index in [0.29, 0.717) is 25.7 Å². The normalized spacial score (nSPS) is 15.0. The van der Waals surface area contributed by atoms with E-state index in [1.54, 1.807) is 13.8 Å². The van der Waals surface area contributed by atoms with Crippen molar-refractivity contribution in [2.75, 3.05) is 17.3 Å². The van der Waals surface area contributed by atoms with E-state index in [1.807, 2.05) is 6.92 Å². The fourth-order valence-electron chi connectivity index (χ4n) is 3.30. The first-order chi connectivity index (χ1) is 15.9. The highest BCUT2D eigenvalue weighted by Gasteiger charge is 2.86. The van der Waals surface area contributed by atoms with Gasteiger partial charge in [-0.25, -0.2) is 3.63 Å². The van der Waals surface area contributed by atoms with Crippen LogP contribution in [0.4, 0.5) is 39.5 Å². The Hall–Kier alpha value is -0.370. The van der Waals surface area contributed by atoms with Gasteiger partial charge in [0.2, 0.25) is 0 Å². The summed E-state index contributed by atoms with van der Waals surface area (Å²) >= 11 is 0. The quantitative estimate of drug-likeness (QED) is 0.115. The molecule has 0 aliphatic rings. The summed E-state index contributed by atoms with van der Waals surface area (Å²) in [5.41, 5.74) is 0. The molecule has 0 radical (unpaired) electrons. The Labute approximate surface area is 204 Å². The minimum atomic E-state index is -7.30.